The van der Waals surface area contributed by atoms with Gasteiger partial charge in [0.05, 0.1) is 0 Å². The number of halogens is 3. The molecule has 1 aliphatic carbocycles. The van der Waals surface area contributed by atoms with E-state index in [9.17, 15) is 31.5 Å². The molecule has 29 heavy (non-hydrogen) atoms. The maximum Gasteiger partial charge on any atom is 0.275 e. The van der Waals surface area contributed by atoms with Crippen molar-refractivity contribution in [1.82, 2.24) is 9.29 Å². The first-order chi connectivity index (χ1) is 13.6. The number of amides is 1. The van der Waals surface area contributed by atoms with Gasteiger partial charge in [0.15, 0.2) is 17.5 Å². The predicted octanol–water partition coefficient (Wildman–Crippen LogP) is 2.13. The van der Waals surface area contributed by atoms with Crippen LogP contribution in [0.5, 0.6) is 0 Å². The third-order valence-corrected chi connectivity index (χ3v) is 6.45. The number of aliphatic hydroxyl groups is 1. The second-order valence-electron chi connectivity index (χ2n) is 6.95. The summed E-state index contributed by atoms with van der Waals surface area (Å²) < 4.78 is 69.8. The molecule has 0 radical (unpaired) electrons. The van der Waals surface area contributed by atoms with Crippen LogP contribution in [-0.4, -0.2) is 36.6 Å². The molecule has 0 saturated heterocycles. The molecule has 11 heteroatoms. The molecule has 1 aromatic heterocycles. The number of hydrogen-bond acceptors (Lipinski definition) is 4. The van der Waals surface area contributed by atoms with Crippen molar-refractivity contribution >= 4 is 21.6 Å². The lowest BCUT2D eigenvalue weighted by Gasteiger charge is -2.18. The summed E-state index contributed by atoms with van der Waals surface area (Å²) in [7, 11) is -3.00. The van der Waals surface area contributed by atoms with E-state index in [1.807, 2.05) is 0 Å². The minimum Gasteiger partial charge on any atom is -0.396 e. The second kappa shape index (κ2) is 8.17. The number of hydrogen-bond donors (Lipinski definition) is 3. The molecule has 1 aromatic carbocycles. The molecular weight excluding hydrogens is 411 g/mol. The van der Waals surface area contributed by atoms with Gasteiger partial charge in [-0.1, -0.05) is 6.42 Å². The van der Waals surface area contributed by atoms with Crippen molar-refractivity contribution in [3.05, 3.63) is 47.5 Å². The van der Waals surface area contributed by atoms with Gasteiger partial charge >= 0.3 is 0 Å². The Morgan fingerprint density at radius 2 is 1.97 bits per heavy atom. The summed E-state index contributed by atoms with van der Waals surface area (Å²) in [5.41, 5.74) is -0.700. The van der Waals surface area contributed by atoms with Crippen LogP contribution in [-0.2, 0) is 17.1 Å². The highest BCUT2D eigenvalue weighted by Crippen LogP contribution is 2.28. The van der Waals surface area contributed by atoms with Gasteiger partial charge in [0.25, 0.3) is 5.91 Å². The number of aryl methyl sites for hydroxylation is 1. The largest absolute Gasteiger partial charge is 0.396 e. The van der Waals surface area contributed by atoms with Crippen LogP contribution < -0.4 is 10.0 Å². The van der Waals surface area contributed by atoms with Crippen LogP contribution in [0.2, 0.25) is 0 Å². The minimum absolute atomic E-state index is 0.117. The molecule has 1 aliphatic rings. The van der Waals surface area contributed by atoms with Gasteiger partial charge in [-0.3, -0.25) is 4.79 Å². The molecule has 0 unspecified atom stereocenters. The topological polar surface area (TPSA) is 100 Å². The Labute approximate surface area is 165 Å². The fourth-order valence-electron chi connectivity index (χ4n) is 3.45. The van der Waals surface area contributed by atoms with Crippen LogP contribution in [0.15, 0.2) is 29.3 Å². The van der Waals surface area contributed by atoms with E-state index in [0.29, 0.717) is 12.8 Å². The van der Waals surface area contributed by atoms with Gasteiger partial charge in [0, 0.05) is 37.6 Å². The Kier molecular flexibility index (Phi) is 6.01. The molecule has 7 nitrogen and oxygen atoms in total. The van der Waals surface area contributed by atoms with Gasteiger partial charge < -0.3 is 15.0 Å². The number of benzene rings is 1. The quantitative estimate of drug-likeness (QED) is 0.652. The Hall–Kier alpha value is -2.37. The van der Waals surface area contributed by atoms with Crippen molar-refractivity contribution in [3.8, 4) is 0 Å². The Morgan fingerprint density at radius 1 is 1.24 bits per heavy atom. The van der Waals surface area contributed by atoms with Gasteiger partial charge in [0.2, 0.25) is 10.0 Å². The lowest BCUT2D eigenvalue weighted by molar-refractivity contribution is 0.101. The monoisotopic (exact) mass is 431 g/mol. The average Bonchev–Trinajstić information content (AvgIpc) is 3.21. The maximum atomic E-state index is 14.9. The lowest BCUT2D eigenvalue weighted by atomic mass is 10.1. The Bertz CT molecular complexity index is 1040. The Balaban J connectivity index is 1.85. The summed E-state index contributed by atoms with van der Waals surface area (Å²) in [6.45, 7) is -0.188. The van der Waals surface area contributed by atoms with Gasteiger partial charge in [0.1, 0.15) is 10.6 Å². The number of anilines is 1. The van der Waals surface area contributed by atoms with E-state index in [-0.39, 0.29) is 18.2 Å². The van der Waals surface area contributed by atoms with Crippen LogP contribution in [0.1, 0.15) is 29.8 Å². The van der Waals surface area contributed by atoms with E-state index in [4.69, 9.17) is 0 Å². The van der Waals surface area contributed by atoms with Crippen LogP contribution in [0.3, 0.4) is 0 Å². The molecule has 1 amide bonds. The van der Waals surface area contributed by atoms with E-state index < -0.39 is 50.0 Å². The molecule has 0 spiro atoms. The van der Waals surface area contributed by atoms with Crippen molar-refractivity contribution in [2.24, 2.45) is 13.0 Å². The van der Waals surface area contributed by atoms with Gasteiger partial charge in [-0.2, -0.15) is 0 Å². The molecule has 0 bridgehead atoms. The molecule has 1 saturated carbocycles. The van der Waals surface area contributed by atoms with Gasteiger partial charge in [-0.25, -0.2) is 26.3 Å². The highest BCUT2D eigenvalue weighted by Gasteiger charge is 2.34. The smallest absolute Gasteiger partial charge is 0.275 e. The Morgan fingerprint density at radius 3 is 2.62 bits per heavy atom. The van der Waals surface area contributed by atoms with E-state index in [0.717, 1.165) is 35.4 Å². The lowest BCUT2D eigenvalue weighted by Crippen LogP contribution is -2.38. The van der Waals surface area contributed by atoms with Gasteiger partial charge in [-0.05, 0) is 30.9 Å². The summed E-state index contributed by atoms with van der Waals surface area (Å²) >= 11 is 0. The summed E-state index contributed by atoms with van der Waals surface area (Å²) in [5.74, 6) is -4.85. The predicted molar refractivity (Wildman–Crippen MR) is 98.2 cm³/mol. The van der Waals surface area contributed by atoms with E-state index in [1.54, 1.807) is 0 Å². The molecule has 3 N–H and O–H groups in total. The molecule has 2 aromatic rings. The highest BCUT2D eigenvalue weighted by molar-refractivity contribution is 7.89. The molecule has 1 heterocycles. The summed E-state index contributed by atoms with van der Waals surface area (Å²) in [6.07, 6.45) is 2.86. The maximum absolute atomic E-state index is 14.9. The van der Waals surface area contributed by atoms with E-state index >= 15 is 0 Å². The first-order valence-electron chi connectivity index (χ1n) is 8.88. The highest BCUT2D eigenvalue weighted by atomic mass is 32.2. The molecule has 158 valence electrons. The van der Waals surface area contributed by atoms with E-state index in [2.05, 4.69) is 10.0 Å². The molecule has 1 fully saturated rings. The first kappa shape index (κ1) is 21.3. The van der Waals surface area contributed by atoms with E-state index in [1.165, 1.54) is 7.05 Å². The van der Waals surface area contributed by atoms with Crippen molar-refractivity contribution in [2.45, 2.75) is 30.2 Å². The van der Waals surface area contributed by atoms with Crippen LogP contribution >= 0.6 is 0 Å². The van der Waals surface area contributed by atoms with Crippen LogP contribution in [0, 0.1) is 23.4 Å². The van der Waals surface area contributed by atoms with Crippen molar-refractivity contribution in [2.75, 3.05) is 11.9 Å². The third kappa shape index (κ3) is 4.31. The fourth-order valence-corrected chi connectivity index (χ4v) is 4.92. The van der Waals surface area contributed by atoms with Crippen molar-refractivity contribution in [1.29, 1.82) is 0 Å². The number of carbonyl (C=O) groups excluding carboxylic acids is 1. The second-order valence-corrected chi connectivity index (χ2v) is 8.63. The summed E-state index contributed by atoms with van der Waals surface area (Å²) in [6, 6.07) is 2.09. The zero-order valence-electron chi connectivity index (χ0n) is 15.5. The number of carbonyl (C=O) groups is 1. The number of nitrogens with zero attached hydrogens (tertiary/aromatic N) is 1. The fraction of sp³-hybridized carbons (Fsp3) is 0.389. The standard InChI is InChI=1S/C18H20F3N3O4S/c1-24-8-15(29(27,28)23-14-4-2-3-10(14)9-25)16(21)17(24)18(26)22-11-5-6-12(19)13(20)7-11/h5-8,10,14,23,25H,2-4,9H2,1H3,(H,22,26)/t10-,14-/m1/s1. The summed E-state index contributed by atoms with van der Waals surface area (Å²) in [4.78, 5) is 11.7. The zero-order valence-corrected chi connectivity index (χ0v) is 16.3. The van der Waals surface area contributed by atoms with Crippen LogP contribution in [0.4, 0.5) is 18.9 Å². The molecule has 3 rings (SSSR count). The number of nitrogens with one attached hydrogen (secondary N) is 2. The molecule has 0 aliphatic heterocycles. The number of aromatic nitrogens is 1. The first-order valence-corrected chi connectivity index (χ1v) is 10.4. The SMILES string of the molecule is Cn1cc(S(=O)(=O)N[C@@H]2CCC[C@@H]2CO)c(F)c1C(=O)Nc1ccc(F)c(F)c1. The summed E-state index contributed by atoms with van der Waals surface area (Å²) in [5, 5.41) is 11.5. The average molecular weight is 431 g/mol. The van der Waals surface area contributed by atoms with Crippen LogP contribution in [0.25, 0.3) is 0 Å². The number of rotatable bonds is 6. The molecule has 2 atom stereocenters. The van der Waals surface area contributed by atoms with Crippen molar-refractivity contribution < 1.29 is 31.5 Å². The number of sulfonamides is 1. The number of aliphatic hydroxyl groups excluding tert-OH is 1. The third-order valence-electron chi connectivity index (χ3n) is 4.97. The molecular formula is C18H20F3N3O4S. The zero-order chi connectivity index (χ0) is 21.3. The van der Waals surface area contributed by atoms with Gasteiger partial charge in [-0.15, -0.1) is 0 Å². The van der Waals surface area contributed by atoms with Crippen molar-refractivity contribution in [3.63, 3.8) is 0 Å². The normalized spacial score (nSPS) is 19.5. The minimum atomic E-state index is -4.28.